The summed E-state index contributed by atoms with van der Waals surface area (Å²) in [6.07, 6.45) is -0.956. The highest BCUT2D eigenvalue weighted by molar-refractivity contribution is 6.05. The van der Waals surface area contributed by atoms with Crippen LogP contribution in [0.15, 0.2) is 60.7 Å². The lowest BCUT2D eigenvalue weighted by Crippen LogP contribution is -2.43. The van der Waals surface area contributed by atoms with Crippen molar-refractivity contribution < 1.29 is 28.0 Å². The second-order valence-electron chi connectivity index (χ2n) is 10.8. The SMILES string of the molecule is CC(=O)c1nn(CC(=O)N2C[C@H](F)C[C@H]2C(=O)Cc2cccc(-c3ccc4c(c3)CCC(=O)N4)c2F)c2ccccc12. The Morgan fingerprint density at radius 1 is 1.05 bits per heavy atom. The van der Waals surface area contributed by atoms with E-state index in [1.807, 2.05) is 6.07 Å². The van der Waals surface area contributed by atoms with Gasteiger partial charge >= 0.3 is 0 Å². The van der Waals surface area contributed by atoms with Crippen LogP contribution in [0.2, 0.25) is 0 Å². The van der Waals surface area contributed by atoms with Crippen molar-refractivity contribution >= 4 is 40.0 Å². The number of halogens is 2. The third-order valence-electron chi connectivity index (χ3n) is 7.97. The number of amides is 2. The van der Waals surface area contributed by atoms with Gasteiger partial charge in [0.05, 0.1) is 18.1 Å². The van der Waals surface area contributed by atoms with E-state index in [4.69, 9.17) is 0 Å². The lowest BCUT2D eigenvalue weighted by molar-refractivity contribution is -0.138. The summed E-state index contributed by atoms with van der Waals surface area (Å²) in [6.45, 7) is 0.873. The number of carbonyl (C=O) groups is 4. The molecule has 42 heavy (non-hydrogen) atoms. The van der Waals surface area contributed by atoms with Crippen LogP contribution in [0.4, 0.5) is 14.5 Å². The van der Waals surface area contributed by atoms with Gasteiger partial charge in [0.1, 0.15) is 24.2 Å². The zero-order chi connectivity index (χ0) is 29.5. The standard InChI is InChI=1S/C32H28F2N4O4/c1-18(39)32-24-6-2-3-8-26(24)38(36-32)17-30(42)37-16-22(33)15-27(37)28(40)14-21-5-4-7-23(31(21)34)19-9-11-25-20(13-19)10-12-29(41)35-25/h2-9,11,13,22,27H,10,12,14-17H2,1H3,(H,35,41)/t22-,27+/m1/s1. The average molecular weight is 571 g/mol. The van der Waals surface area contributed by atoms with Gasteiger partial charge in [-0.1, -0.05) is 42.5 Å². The minimum Gasteiger partial charge on any atom is -0.328 e. The summed E-state index contributed by atoms with van der Waals surface area (Å²) < 4.78 is 31.7. The first-order chi connectivity index (χ1) is 20.2. The number of benzene rings is 3. The summed E-state index contributed by atoms with van der Waals surface area (Å²) in [4.78, 5) is 51.7. The van der Waals surface area contributed by atoms with Crippen LogP contribution in [-0.4, -0.2) is 56.8 Å². The van der Waals surface area contributed by atoms with Crippen LogP contribution in [-0.2, 0) is 33.8 Å². The van der Waals surface area contributed by atoms with E-state index in [1.54, 1.807) is 48.5 Å². The molecule has 0 bridgehead atoms. The number of aromatic nitrogens is 2. The fourth-order valence-corrected chi connectivity index (χ4v) is 5.89. The first-order valence-electron chi connectivity index (χ1n) is 13.8. The molecule has 2 aliphatic rings. The quantitative estimate of drug-likeness (QED) is 0.325. The Hall–Kier alpha value is -4.73. The third-order valence-corrected chi connectivity index (χ3v) is 7.97. The number of carbonyl (C=O) groups excluding carboxylic acids is 4. The molecule has 6 rings (SSSR count). The molecule has 4 aromatic rings. The number of nitrogens with zero attached hydrogens (tertiary/aromatic N) is 3. The van der Waals surface area contributed by atoms with Gasteiger partial charge in [0.15, 0.2) is 11.6 Å². The summed E-state index contributed by atoms with van der Waals surface area (Å²) in [5.74, 6) is -1.83. The predicted octanol–water partition coefficient (Wildman–Crippen LogP) is 4.68. The predicted molar refractivity (Wildman–Crippen MR) is 152 cm³/mol. The molecule has 1 N–H and O–H groups in total. The molecule has 214 valence electrons. The highest BCUT2D eigenvalue weighted by Gasteiger charge is 2.40. The molecule has 2 aliphatic heterocycles. The number of Topliss-reactive ketones (excluding diaryl/α,β-unsaturated/α-hetero) is 2. The van der Waals surface area contributed by atoms with Crippen molar-refractivity contribution in [3.05, 3.63) is 83.3 Å². The molecule has 0 aliphatic carbocycles. The first-order valence-corrected chi connectivity index (χ1v) is 13.8. The van der Waals surface area contributed by atoms with Gasteiger partial charge in [-0.05, 0) is 41.3 Å². The van der Waals surface area contributed by atoms with Crippen LogP contribution in [0.3, 0.4) is 0 Å². The summed E-state index contributed by atoms with van der Waals surface area (Å²) in [5, 5.41) is 7.72. The number of alkyl halides is 1. The number of hydrogen-bond donors (Lipinski definition) is 1. The lowest BCUT2D eigenvalue weighted by atomic mass is 9.94. The monoisotopic (exact) mass is 570 g/mol. The van der Waals surface area contributed by atoms with Crippen molar-refractivity contribution in [2.75, 3.05) is 11.9 Å². The van der Waals surface area contributed by atoms with Gasteiger partial charge in [0.25, 0.3) is 0 Å². The van der Waals surface area contributed by atoms with Crippen LogP contribution in [0.5, 0.6) is 0 Å². The Labute approximate surface area is 240 Å². The smallest absolute Gasteiger partial charge is 0.245 e. The number of hydrogen-bond acceptors (Lipinski definition) is 5. The van der Waals surface area contributed by atoms with Crippen molar-refractivity contribution in [2.24, 2.45) is 0 Å². The van der Waals surface area contributed by atoms with E-state index in [0.29, 0.717) is 40.6 Å². The van der Waals surface area contributed by atoms with E-state index in [1.165, 1.54) is 22.6 Å². The van der Waals surface area contributed by atoms with E-state index >= 15 is 4.39 Å². The molecule has 1 fully saturated rings. The van der Waals surface area contributed by atoms with Gasteiger partial charge in [-0.3, -0.25) is 23.9 Å². The molecule has 1 saturated heterocycles. The summed E-state index contributed by atoms with van der Waals surface area (Å²) in [6, 6.07) is 16.1. The molecule has 2 atom stereocenters. The molecule has 3 aromatic carbocycles. The van der Waals surface area contributed by atoms with Gasteiger partial charge in [-0.2, -0.15) is 5.10 Å². The van der Waals surface area contributed by atoms with E-state index < -0.39 is 29.7 Å². The number of likely N-dealkylation sites (tertiary alicyclic amines) is 1. The van der Waals surface area contributed by atoms with Gasteiger partial charge in [0, 0.05) is 42.8 Å². The van der Waals surface area contributed by atoms with Crippen LogP contribution in [0, 0.1) is 5.82 Å². The third kappa shape index (κ3) is 5.08. The first kappa shape index (κ1) is 27.4. The number of para-hydroxylation sites is 1. The fraction of sp³-hybridized carbons (Fsp3) is 0.281. The number of rotatable bonds is 7. The number of anilines is 1. The topological polar surface area (TPSA) is 101 Å². The maximum Gasteiger partial charge on any atom is 0.245 e. The highest BCUT2D eigenvalue weighted by atomic mass is 19.1. The summed E-state index contributed by atoms with van der Waals surface area (Å²) in [7, 11) is 0. The van der Waals surface area contributed by atoms with E-state index in [9.17, 15) is 23.6 Å². The van der Waals surface area contributed by atoms with E-state index in [-0.39, 0.29) is 48.9 Å². The normalized spacial score (nSPS) is 18.2. The molecule has 1 aromatic heterocycles. The molecule has 0 saturated carbocycles. The molecular weight excluding hydrogens is 542 g/mol. The van der Waals surface area contributed by atoms with Crippen molar-refractivity contribution in [3.63, 3.8) is 0 Å². The largest absolute Gasteiger partial charge is 0.328 e. The molecule has 0 spiro atoms. The highest BCUT2D eigenvalue weighted by Crippen LogP contribution is 2.32. The van der Waals surface area contributed by atoms with Crippen molar-refractivity contribution in [1.82, 2.24) is 14.7 Å². The Kier molecular flexibility index (Phi) is 7.14. The summed E-state index contributed by atoms with van der Waals surface area (Å²) in [5.41, 5.74) is 3.51. The van der Waals surface area contributed by atoms with Gasteiger partial charge in [-0.25, -0.2) is 8.78 Å². The lowest BCUT2D eigenvalue weighted by Gasteiger charge is -2.24. The number of ketones is 2. The zero-order valence-corrected chi connectivity index (χ0v) is 22.9. The van der Waals surface area contributed by atoms with Crippen LogP contribution >= 0.6 is 0 Å². The average Bonchev–Trinajstić information content (AvgIpc) is 3.55. The molecule has 2 amide bonds. The molecule has 10 heteroatoms. The molecule has 3 heterocycles. The van der Waals surface area contributed by atoms with Crippen molar-refractivity contribution in [2.45, 2.75) is 51.4 Å². The zero-order valence-electron chi connectivity index (χ0n) is 22.9. The Morgan fingerprint density at radius 3 is 2.67 bits per heavy atom. The molecular formula is C32H28F2N4O4. The van der Waals surface area contributed by atoms with E-state index in [2.05, 4.69) is 10.4 Å². The fourth-order valence-electron chi connectivity index (χ4n) is 5.89. The second kappa shape index (κ2) is 10.9. The molecule has 0 unspecified atom stereocenters. The Balaban J connectivity index is 1.22. The van der Waals surface area contributed by atoms with Crippen LogP contribution in [0.25, 0.3) is 22.0 Å². The summed E-state index contributed by atoms with van der Waals surface area (Å²) >= 11 is 0. The number of nitrogens with one attached hydrogen (secondary N) is 1. The number of fused-ring (bicyclic) bond motifs is 2. The Bertz CT molecular complexity index is 1760. The van der Waals surface area contributed by atoms with Crippen LogP contribution in [0.1, 0.15) is 41.4 Å². The van der Waals surface area contributed by atoms with Crippen molar-refractivity contribution in [3.8, 4) is 11.1 Å². The van der Waals surface area contributed by atoms with Gasteiger partial charge in [-0.15, -0.1) is 0 Å². The van der Waals surface area contributed by atoms with Crippen LogP contribution < -0.4 is 5.32 Å². The van der Waals surface area contributed by atoms with Gasteiger partial charge in [0.2, 0.25) is 11.8 Å². The van der Waals surface area contributed by atoms with Gasteiger partial charge < -0.3 is 10.2 Å². The van der Waals surface area contributed by atoms with Crippen molar-refractivity contribution in [1.29, 1.82) is 0 Å². The Morgan fingerprint density at radius 2 is 1.86 bits per heavy atom. The minimum absolute atomic E-state index is 0.0596. The second-order valence-corrected chi connectivity index (χ2v) is 10.8. The maximum atomic E-state index is 15.7. The molecule has 0 radical (unpaired) electrons. The molecule has 8 nitrogen and oxygen atoms in total. The maximum absolute atomic E-state index is 15.7. The number of aryl methyl sites for hydroxylation is 1. The van der Waals surface area contributed by atoms with E-state index in [0.717, 1.165) is 5.56 Å². The minimum atomic E-state index is -1.39.